The standard InChI is InChI=1S/C21H24N4O3/c1-14-21(17-11-16(27-2)3-4-18(17)24-14)19(26)13-25-9-5-15(6-10-25)28-20-12-22-7-8-23-20/h3-4,7-8,11-12,15,24H,5-6,9-10,13H2,1-2H3. The van der Waals surface area contributed by atoms with Gasteiger partial charge in [-0.3, -0.25) is 14.7 Å². The van der Waals surface area contributed by atoms with E-state index in [2.05, 4.69) is 19.9 Å². The van der Waals surface area contributed by atoms with Crippen molar-refractivity contribution in [3.05, 3.63) is 48.0 Å². The van der Waals surface area contributed by atoms with E-state index in [1.54, 1.807) is 25.7 Å². The zero-order valence-corrected chi connectivity index (χ0v) is 16.1. The van der Waals surface area contributed by atoms with Crippen molar-refractivity contribution in [3.8, 4) is 11.6 Å². The van der Waals surface area contributed by atoms with E-state index in [4.69, 9.17) is 9.47 Å². The van der Waals surface area contributed by atoms with Gasteiger partial charge in [0.15, 0.2) is 5.78 Å². The first-order chi connectivity index (χ1) is 13.6. The molecule has 0 bridgehead atoms. The van der Waals surface area contributed by atoms with Gasteiger partial charge < -0.3 is 14.5 Å². The highest BCUT2D eigenvalue weighted by atomic mass is 16.5. The first-order valence-corrected chi connectivity index (χ1v) is 9.48. The minimum atomic E-state index is 0.113. The summed E-state index contributed by atoms with van der Waals surface area (Å²) >= 11 is 0. The first kappa shape index (κ1) is 18.4. The van der Waals surface area contributed by atoms with E-state index in [1.807, 2.05) is 25.1 Å². The van der Waals surface area contributed by atoms with E-state index in [0.29, 0.717) is 12.4 Å². The molecule has 4 rings (SSSR count). The lowest BCUT2D eigenvalue weighted by Gasteiger charge is -2.31. The molecule has 7 nitrogen and oxygen atoms in total. The van der Waals surface area contributed by atoms with E-state index >= 15 is 0 Å². The van der Waals surface area contributed by atoms with Crippen molar-refractivity contribution in [3.63, 3.8) is 0 Å². The summed E-state index contributed by atoms with van der Waals surface area (Å²) in [5.74, 6) is 1.44. The number of aryl methyl sites for hydroxylation is 1. The molecule has 28 heavy (non-hydrogen) atoms. The SMILES string of the molecule is COc1ccc2[nH]c(C)c(C(=O)CN3CCC(Oc4cnccn4)CC3)c2c1. The van der Waals surface area contributed by atoms with Crippen molar-refractivity contribution < 1.29 is 14.3 Å². The Kier molecular flexibility index (Phi) is 5.25. The van der Waals surface area contributed by atoms with Crippen LogP contribution in [0.4, 0.5) is 0 Å². The average molecular weight is 380 g/mol. The molecular weight excluding hydrogens is 356 g/mol. The Morgan fingerprint density at radius 1 is 1.29 bits per heavy atom. The topological polar surface area (TPSA) is 80.3 Å². The molecule has 146 valence electrons. The van der Waals surface area contributed by atoms with E-state index in [1.165, 1.54) is 0 Å². The number of aromatic amines is 1. The summed E-state index contributed by atoms with van der Waals surface area (Å²) in [6, 6.07) is 5.77. The summed E-state index contributed by atoms with van der Waals surface area (Å²) in [5.41, 5.74) is 2.61. The second-order valence-electron chi connectivity index (χ2n) is 7.10. The molecule has 3 heterocycles. The van der Waals surface area contributed by atoms with Gasteiger partial charge in [0.05, 0.1) is 19.9 Å². The van der Waals surface area contributed by atoms with Crippen LogP contribution in [0.3, 0.4) is 0 Å². The molecule has 0 saturated carbocycles. The summed E-state index contributed by atoms with van der Waals surface area (Å²) in [6.07, 6.45) is 6.73. The van der Waals surface area contributed by atoms with Gasteiger partial charge in [-0.25, -0.2) is 4.98 Å². The summed E-state index contributed by atoms with van der Waals surface area (Å²) < 4.78 is 11.2. The van der Waals surface area contributed by atoms with Crippen molar-refractivity contribution in [2.45, 2.75) is 25.9 Å². The zero-order chi connectivity index (χ0) is 19.5. The highest BCUT2D eigenvalue weighted by Gasteiger charge is 2.24. The maximum Gasteiger partial charge on any atom is 0.232 e. The van der Waals surface area contributed by atoms with Gasteiger partial charge in [0.2, 0.25) is 5.88 Å². The molecule has 1 aliphatic heterocycles. The second-order valence-corrected chi connectivity index (χ2v) is 7.10. The third kappa shape index (κ3) is 3.84. The molecule has 0 radical (unpaired) electrons. The fourth-order valence-electron chi connectivity index (χ4n) is 3.78. The monoisotopic (exact) mass is 380 g/mol. The number of nitrogens with one attached hydrogen (secondary N) is 1. The largest absolute Gasteiger partial charge is 0.497 e. The summed E-state index contributed by atoms with van der Waals surface area (Å²) in [7, 11) is 1.63. The van der Waals surface area contributed by atoms with Gasteiger partial charge in [0.1, 0.15) is 11.9 Å². The molecule has 0 atom stereocenters. The quantitative estimate of drug-likeness (QED) is 0.662. The maximum atomic E-state index is 13.0. The number of carbonyl (C=O) groups is 1. The van der Waals surface area contributed by atoms with Crippen LogP contribution in [0, 0.1) is 6.92 Å². The molecule has 1 saturated heterocycles. The van der Waals surface area contributed by atoms with Crippen molar-refractivity contribution in [2.75, 3.05) is 26.7 Å². The van der Waals surface area contributed by atoms with Crippen molar-refractivity contribution in [1.29, 1.82) is 0 Å². The molecule has 7 heteroatoms. The molecule has 2 aromatic heterocycles. The Morgan fingerprint density at radius 3 is 2.82 bits per heavy atom. The van der Waals surface area contributed by atoms with Crippen molar-refractivity contribution in [2.24, 2.45) is 0 Å². The Bertz CT molecular complexity index is 962. The number of ether oxygens (including phenoxy) is 2. The Labute approximate surface area is 163 Å². The third-order valence-electron chi connectivity index (χ3n) is 5.20. The number of nitrogens with zero attached hydrogens (tertiary/aromatic N) is 3. The number of methoxy groups -OCH3 is 1. The van der Waals surface area contributed by atoms with E-state index in [0.717, 1.165) is 53.8 Å². The highest BCUT2D eigenvalue weighted by Crippen LogP contribution is 2.27. The molecule has 0 amide bonds. The van der Waals surface area contributed by atoms with Gasteiger partial charge in [-0.2, -0.15) is 0 Å². The minimum Gasteiger partial charge on any atom is -0.497 e. The van der Waals surface area contributed by atoms with Crippen LogP contribution in [0.1, 0.15) is 28.9 Å². The lowest BCUT2D eigenvalue weighted by Crippen LogP contribution is -2.41. The third-order valence-corrected chi connectivity index (χ3v) is 5.20. The van der Waals surface area contributed by atoms with Gasteiger partial charge in [-0.05, 0) is 38.0 Å². The van der Waals surface area contributed by atoms with E-state index in [-0.39, 0.29) is 11.9 Å². The van der Waals surface area contributed by atoms with Crippen molar-refractivity contribution >= 4 is 16.7 Å². The number of piperidine rings is 1. The molecule has 1 aromatic carbocycles. The predicted molar refractivity (Wildman–Crippen MR) is 106 cm³/mol. The highest BCUT2D eigenvalue weighted by molar-refractivity contribution is 6.10. The Balaban J connectivity index is 1.40. The van der Waals surface area contributed by atoms with Gasteiger partial charge in [-0.1, -0.05) is 0 Å². The summed E-state index contributed by atoms with van der Waals surface area (Å²) in [6.45, 7) is 3.99. The molecular formula is C21H24N4O3. The maximum absolute atomic E-state index is 13.0. The molecule has 3 aromatic rings. The van der Waals surface area contributed by atoms with E-state index in [9.17, 15) is 4.79 Å². The van der Waals surface area contributed by atoms with Crippen LogP contribution in [-0.4, -0.2) is 58.5 Å². The number of Topliss-reactive ketones (excluding diaryl/α,β-unsaturated/α-hetero) is 1. The molecule has 0 aliphatic carbocycles. The number of fused-ring (bicyclic) bond motifs is 1. The number of benzene rings is 1. The number of carbonyl (C=O) groups excluding carboxylic acids is 1. The van der Waals surface area contributed by atoms with Gasteiger partial charge in [-0.15, -0.1) is 0 Å². The zero-order valence-electron chi connectivity index (χ0n) is 16.1. The average Bonchev–Trinajstić information content (AvgIpc) is 3.05. The van der Waals surface area contributed by atoms with Crippen LogP contribution >= 0.6 is 0 Å². The molecule has 0 unspecified atom stereocenters. The van der Waals surface area contributed by atoms with Crippen LogP contribution in [0.25, 0.3) is 10.9 Å². The van der Waals surface area contributed by atoms with Crippen LogP contribution in [0.5, 0.6) is 11.6 Å². The van der Waals surface area contributed by atoms with Crippen LogP contribution in [0.15, 0.2) is 36.8 Å². The Morgan fingerprint density at radius 2 is 2.11 bits per heavy atom. The van der Waals surface area contributed by atoms with E-state index < -0.39 is 0 Å². The lowest BCUT2D eigenvalue weighted by molar-refractivity contribution is 0.0777. The predicted octanol–water partition coefficient (Wildman–Crippen LogP) is 3.00. The summed E-state index contributed by atoms with van der Waals surface area (Å²) in [4.78, 5) is 26.7. The van der Waals surface area contributed by atoms with Gasteiger partial charge >= 0.3 is 0 Å². The number of ketones is 1. The minimum absolute atomic E-state index is 0.113. The van der Waals surface area contributed by atoms with Gasteiger partial charge in [0.25, 0.3) is 0 Å². The molecule has 0 spiro atoms. The number of H-pyrrole nitrogens is 1. The van der Waals surface area contributed by atoms with Crippen LogP contribution in [0.2, 0.25) is 0 Å². The first-order valence-electron chi connectivity index (χ1n) is 9.48. The number of rotatable bonds is 6. The number of aromatic nitrogens is 3. The number of hydrogen-bond acceptors (Lipinski definition) is 6. The van der Waals surface area contributed by atoms with Crippen LogP contribution < -0.4 is 9.47 Å². The molecule has 1 fully saturated rings. The normalized spacial score (nSPS) is 15.6. The summed E-state index contributed by atoms with van der Waals surface area (Å²) in [5, 5.41) is 0.919. The fourth-order valence-corrected chi connectivity index (χ4v) is 3.78. The smallest absolute Gasteiger partial charge is 0.232 e. The fraction of sp³-hybridized carbons (Fsp3) is 0.381. The second kappa shape index (κ2) is 7.98. The van der Waals surface area contributed by atoms with Crippen molar-refractivity contribution in [1.82, 2.24) is 19.9 Å². The number of likely N-dealkylation sites (tertiary alicyclic amines) is 1. The lowest BCUT2D eigenvalue weighted by atomic mass is 10.0. The molecule has 1 N–H and O–H groups in total. The molecule has 1 aliphatic rings. The Hall–Kier alpha value is -2.93. The number of hydrogen-bond donors (Lipinski definition) is 1. The van der Waals surface area contributed by atoms with Crippen LogP contribution in [-0.2, 0) is 0 Å². The van der Waals surface area contributed by atoms with Gasteiger partial charge in [0, 0.05) is 47.6 Å².